The highest BCUT2D eigenvalue weighted by Gasteiger charge is 2.61. The van der Waals surface area contributed by atoms with E-state index in [9.17, 15) is 27.5 Å². The number of allylic oxidation sites excluding steroid dienone is 1. The first-order chi connectivity index (χ1) is 11.1. The van der Waals surface area contributed by atoms with Crippen molar-refractivity contribution >= 4 is 11.5 Å². The molecule has 8 heteroatoms. The van der Waals surface area contributed by atoms with E-state index in [1.54, 1.807) is 0 Å². The van der Waals surface area contributed by atoms with Crippen molar-refractivity contribution in [3.63, 3.8) is 0 Å². The first-order valence-electron chi connectivity index (χ1n) is 7.06. The molecule has 0 saturated heterocycles. The molecule has 0 aliphatic heterocycles. The number of ether oxygens (including phenoxy) is 2. The number of rotatable bonds is 6. The van der Waals surface area contributed by atoms with Gasteiger partial charge in [0, 0.05) is 18.1 Å². The average molecular weight is 350 g/mol. The zero-order valence-electron chi connectivity index (χ0n) is 13.4. The lowest BCUT2D eigenvalue weighted by molar-refractivity contribution is -0.260. The number of hydrogen-bond acceptors (Lipinski definition) is 4. The third-order valence-corrected chi connectivity index (χ3v) is 3.39. The van der Waals surface area contributed by atoms with Gasteiger partial charge >= 0.3 is 12.1 Å². The number of alkyl halides is 3. The maximum Gasteiger partial charge on any atom is 0.428 e. The smallest absolute Gasteiger partial charge is 0.428 e. The zero-order valence-corrected chi connectivity index (χ0v) is 13.4. The van der Waals surface area contributed by atoms with Gasteiger partial charge in [0.25, 0.3) is 5.60 Å². The lowest BCUT2D eigenvalue weighted by atomic mass is 9.89. The zero-order chi connectivity index (χ0) is 18.5. The lowest BCUT2D eigenvalue weighted by Gasteiger charge is -2.29. The van der Waals surface area contributed by atoms with Crippen LogP contribution in [0.1, 0.15) is 25.8 Å². The fourth-order valence-electron chi connectivity index (χ4n) is 2.10. The van der Waals surface area contributed by atoms with Crippen molar-refractivity contribution in [2.75, 3.05) is 13.7 Å². The van der Waals surface area contributed by atoms with Gasteiger partial charge in [0.1, 0.15) is 11.6 Å². The predicted octanol–water partition coefficient (Wildman–Crippen LogP) is 3.48. The van der Waals surface area contributed by atoms with Crippen molar-refractivity contribution in [1.82, 2.24) is 0 Å². The highest BCUT2D eigenvalue weighted by atomic mass is 19.4. The summed E-state index contributed by atoms with van der Waals surface area (Å²) >= 11 is 0. The highest BCUT2D eigenvalue weighted by Crippen LogP contribution is 2.40. The summed E-state index contributed by atoms with van der Waals surface area (Å²) in [5.74, 6) is -2.45. The Hall–Kier alpha value is -2.09. The molecule has 0 aliphatic rings. The van der Waals surface area contributed by atoms with E-state index in [1.165, 1.54) is 33.1 Å². The number of methoxy groups -OCH3 is 1. The fourth-order valence-corrected chi connectivity index (χ4v) is 2.10. The van der Waals surface area contributed by atoms with Crippen LogP contribution in [0.15, 0.2) is 24.3 Å². The predicted molar refractivity (Wildman–Crippen MR) is 78.9 cm³/mol. The number of aliphatic hydroxyl groups is 1. The second-order valence-corrected chi connectivity index (χ2v) is 4.91. The summed E-state index contributed by atoms with van der Waals surface area (Å²) < 4.78 is 62.4. The van der Waals surface area contributed by atoms with E-state index in [0.29, 0.717) is 0 Å². The minimum atomic E-state index is -5.25. The molecule has 1 unspecified atom stereocenters. The Morgan fingerprint density at radius 3 is 2.42 bits per heavy atom. The Balaban J connectivity index is 3.33. The maximum absolute atomic E-state index is 13.3. The number of esters is 1. The van der Waals surface area contributed by atoms with Crippen LogP contribution in [0.25, 0.3) is 5.57 Å². The van der Waals surface area contributed by atoms with Crippen molar-refractivity contribution in [2.45, 2.75) is 32.0 Å². The molecule has 0 spiro atoms. The Morgan fingerprint density at radius 1 is 1.33 bits per heavy atom. The summed E-state index contributed by atoms with van der Waals surface area (Å²) in [7, 11) is 1.23. The third kappa shape index (κ3) is 4.05. The molecule has 1 rings (SSSR count). The van der Waals surface area contributed by atoms with Gasteiger partial charge in [0.05, 0.1) is 13.7 Å². The molecule has 0 radical (unpaired) electrons. The quantitative estimate of drug-likeness (QED) is 0.630. The van der Waals surface area contributed by atoms with E-state index in [-0.39, 0.29) is 23.5 Å². The van der Waals surface area contributed by atoms with Crippen LogP contribution in [0, 0.1) is 5.82 Å². The molecule has 0 bridgehead atoms. The first-order valence-corrected chi connectivity index (χ1v) is 7.06. The highest BCUT2D eigenvalue weighted by molar-refractivity contribution is 5.84. The van der Waals surface area contributed by atoms with Crippen LogP contribution in [-0.4, -0.2) is 36.6 Å². The van der Waals surface area contributed by atoms with Crippen LogP contribution in [0.4, 0.5) is 17.6 Å². The second kappa shape index (κ2) is 7.65. The number of halogens is 4. The summed E-state index contributed by atoms with van der Waals surface area (Å²) in [4.78, 5) is 11.7. The Labute approximate surface area is 136 Å². The van der Waals surface area contributed by atoms with Crippen LogP contribution >= 0.6 is 0 Å². The molecule has 1 atom stereocenters. The Bertz CT molecular complexity index is 625. The normalized spacial score (nSPS) is 14.9. The van der Waals surface area contributed by atoms with Gasteiger partial charge < -0.3 is 14.6 Å². The molecule has 1 aromatic carbocycles. The van der Waals surface area contributed by atoms with E-state index in [0.717, 1.165) is 12.1 Å². The van der Waals surface area contributed by atoms with Crippen molar-refractivity contribution in [2.24, 2.45) is 0 Å². The molecule has 0 aliphatic carbocycles. The van der Waals surface area contributed by atoms with Gasteiger partial charge in [0.15, 0.2) is 0 Å². The fraction of sp³-hybridized carbons (Fsp3) is 0.438. The van der Waals surface area contributed by atoms with Gasteiger partial charge in [0.2, 0.25) is 0 Å². The van der Waals surface area contributed by atoms with Crippen LogP contribution in [0.2, 0.25) is 0 Å². The van der Waals surface area contributed by atoms with Crippen molar-refractivity contribution < 1.29 is 36.9 Å². The molecular formula is C16H18F4O4. The van der Waals surface area contributed by atoms with Crippen LogP contribution in [0.3, 0.4) is 0 Å². The van der Waals surface area contributed by atoms with Gasteiger partial charge in [-0.25, -0.2) is 9.18 Å². The molecule has 0 saturated carbocycles. The molecule has 1 N–H and O–H groups in total. The summed E-state index contributed by atoms with van der Waals surface area (Å²) in [6.45, 7) is 2.44. The van der Waals surface area contributed by atoms with Gasteiger partial charge in [-0.2, -0.15) is 13.2 Å². The average Bonchev–Trinajstić information content (AvgIpc) is 2.51. The molecule has 134 valence electrons. The summed E-state index contributed by atoms with van der Waals surface area (Å²) in [6, 6.07) is 3.25. The van der Waals surface area contributed by atoms with Crippen LogP contribution in [0.5, 0.6) is 5.75 Å². The SMILES string of the molecule is CC=C(CC(O)(C(=O)OCC)C(F)(F)F)c1ccc(F)cc1OC. The number of carbonyl (C=O) groups excluding carboxylic acids is 1. The molecule has 0 heterocycles. The number of benzene rings is 1. The Morgan fingerprint density at radius 2 is 1.96 bits per heavy atom. The number of hydrogen-bond donors (Lipinski definition) is 1. The van der Waals surface area contributed by atoms with Gasteiger partial charge in [-0.1, -0.05) is 6.08 Å². The van der Waals surface area contributed by atoms with Crippen LogP contribution in [-0.2, 0) is 9.53 Å². The molecule has 0 amide bonds. The van der Waals surface area contributed by atoms with Crippen LogP contribution < -0.4 is 4.74 Å². The van der Waals surface area contributed by atoms with E-state index in [1.807, 2.05) is 0 Å². The van der Waals surface area contributed by atoms with Crippen molar-refractivity contribution in [3.05, 3.63) is 35.7 Å². The summed E-state index contributed by atoms with van der Waals surface area (Å²) in [6.07, 6.45) is -5.06. The van der Waals surface area contributed by atoms with Crippen molar-refractivity contribution in [3.8, 4) is 5.75 Å². The second-order valence-electron chi connectivity index (χ2n) is 4.91. The largest absolute Gasteiger partial charge is 0.496 e. The maximum atomic E-state index is 13.3. The van der Waals surface area contributed by atoms with Gasteiger partial charge in [-0.05, 0) is 31.6 Å². The van der Waals surface area contributed by atoms with E-state index in [4.69, 9.17) is 4.74 Å². The van der Waals surface area contributed by atoms with E-state index >= 15 is 0 Å². The minimum Gasteiger partial charge on any atom is -0.496 e. The summed E-state index contributed by atoms with van der Waals surface area (Å²) in [5.41, 5.74) is -3.63. The van der Waals surface area contributed by atoms with Gasteiger partial charge in [-0.3, -0.25) is 0 Å². The summed E-state index contributed by atoms with van der Waals surface area (Å²) in [5, 5.41) is 9.97. The van der Waals surface area contributed by atoms with Gasteiger partial charge in [-0.15, -0.1) is 0 Å². The Kier molecular flexibility index (Phi) is 6.36. The standard InChI is InChI=1S/C16H18F4O4/c1-4-10(12-7-6-11(17)8-13(12)23-3)9-15(22,16(18,19)20)14(21)24-5-2/h4,6-8,22H,5,9H2,1-3H3. The molecular weight excluding hydrogens is 332 g/mol. The van der Waals surface area contributed by atoms with E-state index in [2.05, 4.69) is 4.74 Å². The molecule has 0 aromatic heterocycles. The third-order valence-electron chi connectivity index (χ3n) is 3.39. The number of carbonyl (C=O) groups is 1. The lowest BCUT2D eigenvalue weighted by Crippen LogP contribution is -2.53. The van der Waals surface area contributed by atoms with Crippen molar-refractivity contribution in [1.29, 1.82) is 0 Å². The molecule has 0 fully saturated rings. The monoisotopic (exact) mass is 350 g/mol. The molecule has 1 aromatic rings. The minimum absolute atomic E-state index is 0.0171. The topological polar surface area (TPSA) is 55.8 Å². The first kappa shape index (κ1) is 20.0. The van der Waals surface area contributed by atoms with E-state index < -0.39 is 30.0 Å². The molecule has 24 heavy (non-hydrogen) atoms. The molecule has 4 nitrogen and oxygen atoms in total.